The fraction of sp³-hybridized carbons (Fsp3) is 0.278. The topological polar surface area (TPSA) is 63.7 Å². The molecule has 0 aliphatic heterocycles. The molecule has 1 fully saturated rings. The van der Waals surface area contributed by atoms with E-state index in [1.165, 1.54) is 35.7 Å². The molecule has 0 bridgehead atoms. The highest BCUT2D eigenvalue weighted by Crippen LogP contribution is 2.34. The number of nitrogens with zero attached hydrogens (tertiary/aromatic N) is 1. The predicted molar refractivity (Wildman–Crippen MR) is 89.9 cm³/mol. The van der Waals surface area contributed by atoms with E-state index in [-0.39, 0.29) is 28.9 Å². The monoisotopic (exact) mass is 363 g/mol. The van der Waals surface area contributed by atoms with Crippen LogP contribution < -0.4 is 0 Å². The molecular weight excluding hydrogens is 345 g/mol. The molecule has 1 aliphatic carbocycles. The molecule has 0 N–H and O–H groups in total. The third kappa shape index (κ3) is 3.72. The van der Waals surface area contributed by atoms with Crippen LogP contribution in [0.5, 0.6) is 0 Å². The lowest BCUT2D eigenvalue weighted by Crippen LogP contribution is -2.33. The first kappa shape index (κ1) is 17.6. The number of carbonyl (C=O) groups excluding carboxylic acids is 1. The number of hydrogen-bond donors (Lipinski definition) is 0. The number of halogens is 1. The van der Waals surface area contributed by atoms with Crippen LogP contribution in [0, 0.1) is 5.82 Å². The Morgan fingerprint density at radius 3 is 2.40 bits per heavy atom. The molecule has 1 aliphatic rings. The molecule has 0 aromatic heterocycles. The number of methoxy groups -OCH3 is 1. The molecule has 5 nitrogen and oxygen atoms in total. The van der Waals surface area contributed by atoms with Gasteiger partial charge in [-0.1, -0.05) is 24.3 Å². The molecule has 2 aromatic rings. The molecule has 3 rings (SSSR count). The van der Waals surface area contributed by atoms with Gasteiger partial charge in [-0.3, -0.25) is 0 Å². The smallest absolute Gasteiger partial charge is 0.339 e. The minimum absolute atomic E-state index is 0.00903. The van der Waals surface area contributed by atoms with Crippen molar-refractivity contribution in [1.82, 2.24) is 4.31 Å². The second-order valence-corrected chi connectivity index (χ2v) is 7.75. The first-order valence-electron chi connectivity index (χ1n) is 7.87. The molecule has 1 saturated carbocycles. The van der Waals surface area contributed by atoms with E-state index in [4.69, 9.17) is 4.74 Å². The average Bonchev–Trinajstić information content (AvgIpc) is 3.45. The Bertz CT molecular complexity index is 876. The van der Waals surface area contributed by atoms with Gasteiger partial charge in [-0.05, 0) is 42.7 Å². The van der Waals surface area contributed by atoms with Crippen LogP contribution in [-0.2, 0) is 21.3 Å². The molecule has 2 aromatic carbocycles. The zero-order valence-corrected chi connectivity index (χ0v) is 14.5. The van der Waals surface area contributed by atoms with Crippen LogP contribution in [0.2, 0.25) is 0 Å². The largest absolute Gasteiger partial charge is 0.465 e. The maximum absolute atomic E-state index is 13.2. The second kappa shape index (κ2) is 6.93. The van der Waals surface area contributed by atoms with Gasteiger partial charge in [-0.2, -0.15) is 4.31 Å². The number of rotatable bonds is 6. The molecule has 0 radical (unpaired) electrons. The molecule has 0 unspecified atom stereocenters. The van der Waals surface area contributed by atoms with Gasteiger partial charge < -0.3 is 4.74 Å². The highest BCUT2D eigenvalue weighted by Gasteiger charge is 2.39. The first-order valence-corrected chi connectivity index (χ1v) is 9.31. The van der Waals surface area contributed by atoms with E-state index in [0.29, 0.717) is 5.56 Å². The predicted octanol–water partition coefficient (Wildman–Crippen LogP) is 2.97. The van der Waals surface area contributed by atoms with E-state index in [1.807, 2.05) is 0 Å². The standard InChI is InChI=1S/C18H18FNO4S/c1-24-18(21)16-4-2-3-5-17(16)25(22,23)20(15-10-11-15)12-13-6-8-14(19)9-7-13/h2-9,15H,10-12H2,1H3. The van der Waals surface area contributed by atoms with E-state index in [0.717, 1.165) is 12.8 Å². The van der Waals surface area contributed by atoms with E-state index in [9.17, 15) is 17.6 Å². The minimum atomic E-state index is -3.89. The summed E-state index contributed by atoms with van der Waals surface area (Å²) >= 11 is 0. The number of carbonyl (C=O) groups is 1. The van der Waals surface area contributed by atoms with Crippen molar-refractivity contribution in [3.63, 3.8) is 0 Å². The average molecular weight is 363 g/mol. The number of sulfonamides is 1. The van der Waals surface area contributed by atoms with Crippen molar-refractivity contribution < 1.29 is 22.3 Å². The van der Waals surface area contributed by atoms with Gasteiger partial charge in [-0.15, -0.1) is 0 Å². The van der Waals surface area contributed by atoms with Gasteiger partial charge >= 0.3 is 5.97 Å². The van der Waals surface area contributed by atoms with Crippen molar-refractivity contribution in [2.24, 2.45) is 0 Å². The fourth-order valence-electron chi connectivity index (χ4n) is 2.64. The van der Waals surface area contributed by atoms with Crippen molar-refractivity contribution in [3.05, 3.63) is 65.5 Å². The Balaban J connectivity index is 1.98. The maximum Gasteiger partial charge on any atom is 0.339 e. The van der Waals surface area contributed by atoms with E-state index >= 15 is 0 Å². The molecule has 132 valence electrons. The summed E-state index contributed by atoms with van der Waals surface area (Å²) in [4.78, 5) is 11.9. The molecule has 0 heterocycles. The molecule has 25 heavy (non-hydrogen) atoms. The fourth-order valence-corrected chi connectivity index (χ4v) is 4.49. The number of esters is 1. The van der Waals surface area contributed by atoms with Crippen LogP contribution in [0.3, 0.4) is 0 Å². The Morgan fingerprint density at radius 1 is 1.16 bits per heavy atom. The van der Waals surface area contributed by atoms with E-state index in [2.05, 4.69) is 0 Å². The van der Waals surface area contributed by atoms with Crippen LogP contribution in [-0.4, -0.2) is 31.8 Å². The van der Waals surface area contributed by atoms with Gasteiger partial charge in [0, 0.05) is 12.6 Å². The van der Waals surface area contributed by atoms with Gasteiger partial charge in [0.2, 0.25) is 10.0 Å². The summed E-state index contributed by atoms with van der Waals surface area (Å²) in [5.74, 6) is -1.07. The van der Waals surface area contributed by atoms with Crippen LogP contribution in [0.25, 0.3) is 0 Å². The van der Waals surface area contributed by atoms with Crippen LogP contribution in [0.4, 0.5) is 4.39 Å². The lowest BCUT2D eigenvalue weighted by atomic mass is 10.2. The van der Waals surface area contributed by atoms with Gasteiger partial charge in [0.05, 0.1) is 17.6 Å². The molecular formula is C18H18FNO4S. The van der Waals surface area contributed by atoms with Crippen molar-refractivity contribution in [3.8, 4) is 0 Å². The maximum atomic E-state index is 13.2. The lowest BCUT2D eigenvalue weighted by molar-refractivity contribution is 0.0596. The summed E-state index contributed by atoms with van der Waals surface area (Å²) in [6.45, 7) is 0.128. The zero-order chi connectivity index (χ0) is 18.0. The third-order valence-electron chi connectivity index (χ3n) is 4.08. The highest BCUT2D eigenvalue weighted by molar-refractivity contribution is 7.89. The summed E-state index contributed by atoms with van der Waals surface area (Å²) in [6, 6.07) is 11.6. The van der Waals surface area contributed by atoms with E-state index in [1.54, 1.807) is 24.3 Å². The second-order valence-electron chi connectivity index (χ2n) is 5.90. The van der Waals surface area contributed by atoms with Crippen molar-refractivity contribution in [1.29, 1.82) is 0 Å². The Hall–Kier alpha value is -2.25. The third-order valence-corrected chi connectivity index (χ3v) is 6.04. The van der Waals surface area contributed by atoms with Crippen LogP contribution >= 0.6 is 0 Å². The molecule has 0 saturated heterocycles. The minimum Gasteiger partial charge on any atom is -0.465 e. The van der Waals surface area contributed by atoms with Crippen molar-refractivity contribution in [2.75, 3.05) is 7.11 Å². The zero-order valence-electron chi connectivity index (χ0n) is 13.7. The highest BCUT2D eigenvalue weighted by atomic mass is 32.2. The summed E-state index contributed by atoms with van der Waals surface area (Å²) in [7, 11) is -2.68. The molecule has 0 amide bonds. The Kier molecular flexibility index (Phi) is 4.87. The van der Waals surface area contributed by atoms with Gasteiger partial charge in [0.25, 0.3) is 0 Å². The van der Waals surface area contributed by atoms with Gasteiger partial charge in [0.1, 0.15) is 5.82 Å². The van der Waals surface area contributed by atoms with E-state index < -0.39 is 16.0 Å². The van der Waals surface area contributed by atoms with Crippen molar-refractivity contribution >= 4 is 16.0 Å². The van der Waals surface area contributed by atoms with Crippen LogP contribution in [0.1, 0.15) is 28.8 Å². The number of ether oxygens (including phenoxy) is 1. The lowest BCUT2D eigenvalue weighted by Gasteiger charge is -2.23. The first-order chi connectivity index (χ1) is 11.9. The summed E-state index contributed by atoms with van der Waals surface area (Å²) in [5, 5.41) is 0. The Morgan fingerprint density at radius 2 is 1.80 bits per heavy atom. The Labute approximate surface area is 146 Å². The van der Waals surface area contributed by atoms with Gasteiger partial charge in [0.15, 0.2) is 0 Å². The molecule has 0 spiro atoms. The molecule has 7 heteroatoms. The normalized spacial score (nSPS) is 14.5. The summed E-state index contributed by atoms with van der Waals surface area (Å²) < 4.78 is 45.5. The number of benzene rings is 2. The SMILES string of the molecule is COC(=O)c1ccccc1S(=O)(=O)N(Cc1ccc(F)cc1)C1CC1. The van der Waals surface area contributed by atoms with Crippen molar-refractivity contribution in [2.45, 2.75) is 30.3 Å². The number of hydrogen-bond acceptors (Lipinski definition) is 4. The quantitative estimate of drug-likeness (QED) is 0.740. The van der Waals surface area contributed by atoms with Crippen LogP contribution in [0.15, 0.2) is 53.4 Å². The summed E-state index contributed by atoms with van der Waals surface area (Å²) in [5.41, 5.74) is 0.696. The molecule has 0 atom stereocenters. The van der Waals surface area contributed by atoms with Gasteiger partial charge in [-0.25, -0.2) is 17.6 Å². The summed E-state index contributed by atoms with van der Waals surface area (Å²) in [6.07, 6.45) is 1.53.